The summed E-state index contributed by atoms with van der Waals surface area (Å²) in [7, 11) is 0. The Balaban J connectivity index is 1.60. The van der Waals surface area contributed by atoms with Crippen LogP contribution in [0.3, 0.4) is 0 Å². The van der Waals surface area contributed by atoms with Crippen LogP contribution in [0.4, 0.5) is 5.69 Å². The Kier molecular flexibility index (Phi) is 5.78. The molecule has 25 heavy (non-hydrogen) atoms. The van der Waals surface area contributed by atoms with Crippen molar-refractivity contribution in [3.8, 4) is 0 Å². The van der Waals surface area contributed by atoms with Crippen molar-refractivity contribution in [1.82, 2.24) is 10.2 Å². The molecule has 2 heterocycles. The first-order valence-corrected chi connectivity index (χ1v) is 9.12. The van der Waals surface area contributed by atoms with Gasteiger partial charge < -0.3 is 24.6 Å². The molecule has 1 aromatic carbocycles. The van der Waals surface area contributed by atoms with E-state index in [-0.39, 0.29) is 0 Å². The van der Waals surface area contributed by atoms with Crippen LogP contribution in [0.1, 0.15) is 25.2 Å². The first-order valence-electron chi connectivity index (χ1n) is 9.12. The number of piperazine rings is 1. The zero-order valence-electron chi connectivity index (χ0n) is 15.2. The van der Waals surface area contributed by atoms with Gasteiger partial charge in [-0.25, -0.2) is 0 Å². The Morgan fingerprint density at radius 2 is 1.88 bits per heavy atom. The molecule has 3 rings (SSSR count). The predicted molar refractivity (Wildman–Crippen MR) is 101 cm³/mol. The van der Waals surface area contributed by atoms with Crippen molar-refractivity contribution >= 4 is 5.69 Å². The molecule has 1 aliphatic heterocycles. The minimum absolute atomic E-state index is 0.443. The van der Waals surface area contributed by atoms with Gasteiger partial charge in [-0.15, -0.1) is 0 Å². The largest absolute Gasteiger partial charge is 0.466 e. The lowest BCUT2D eigenvalue weighted by molar-refractivity contribution is 0.0340. The number of hydrogen-bond donors (Lipinski definition) is 2. The van der Waals surface area contributed by atoms with E-state index in [1.54, 1.807) is 19.3 Å². The third-order valence-electron chi connectivity index (χ3n) is 4.99. The molecule has 1 aromatic heterocycles. The molecule has 2 N–H and O–H groups in total. The summed E-state index contributed by atoms with van der Waals surface area (Å²) in [5.41, 5.74) is 1.55. The molecular formula is C20H29N3O2. The van der Waals surface area contributed by atoms with Gasteiger partial charge in [0.05, 0.1) is 6.26 Å². The molecule has 1 atom stereocenters. The fourth-order valence-electron chi connectivity index (χ4n) is 3.39. The maximum Gasteiger partial charge on any atom is 0.136 e. The Morgan fingerprint density at radius 1 is 1.12 bits per heavy atom. The van der Waals surface area contributed by atoms with E-state index in [2.05, 4.69) is 46.3 Å². The highest BCUT2D eigenvalue weighted by molar-refractivity contribution is 5.54. The third kappa shape index (κ3) is 4.42. The lowest BCUT2D eigenvalue weighted by atomic mass is 10.0. The normalized spacial score (nSPS) is 18.3. The van der Waals surface area contributed by atoms with Crippen molar-refractivity contribution in [2.45, 2.75) is 26.0 Å². The van der Waals surface area contributed by atoms with E-state index in [1.165, 1.54) is 11.3 Å². The molecule has 5 nitrogen and oxygen atoms in total. The highest BCUT2D eigenvalue weighted by atomic mass is 16.4. The first kappa shape index (κ1) is 18.0. The zero-order valence-corrected chi connectivity index (χ0v) is 15.2. The number of furan rings is 1. The predicted octanol–water partition coefficient (Wildman–Crippen LogP) is 2.42. The molecule has 0 saturated carbocycles. The zero-order chi connectivity index (χ0) is 17.7. The summed E-state index contributed by atoms with van der Waals surface area (Å²) >= 11 is 0. The van der Waals surface area contributed by atoms with Gasteiger partial charge in [0.2, 0.25) is 0 Å². The van der Waals surface area contributed by atoms with Crippen molar-refractivity contribution < 1.29 is 9.52 Å². The van der Waals surface area contributed by atoms with Crippen molar-refractivity contribution in [1.29, 1.82) is 0 Å². The van der Waals surface area contributed by atoms with Crippen LogP contribution in [-0.2, 0) is 12.1 Å². The lowest BCUT2D eigenvalue weighted by Gasteiger charge is -2.36. The van der Waals surface area contributed by atoms with E-state index < -0.39 is 5.60 Å². The van der Waals surface area contributed by atoms with Crippen LogP contribution in [0.2, 0.25) is 0 Å². The van der Waals surface area contributed by atoms with E-state index in [9.17, 15) is 5.11 Å². The Hall–Kier alpha value is -1.82. The molecule has 0 radical (unpaired) electrons. The third-order valence-corrected chi connectivity index (χ3v) is 4.99. The molecule has 5 heteroatoms. The SMILES string of the molecule is CCN1CCN(c2ccccc2CNCC(C)(O)c2ccco2)CC1. The number of hydrogen-bond acceptors (Lipinski definition) is 5. The number of para-hydroxylation sites is 1. The Labute approximate surface area is 150 Å². The monoisotopic (exact) mass is 343 g/mol. The quantitative estimate of drug-likeness (QED) is 0.809. The summed E-state index contributed by atoms with van der Waals surface area (Å²) in [5, 5.41) is 13.9. The second-order valence-corrected chi connectivity index (χ2v) is 6.90. The van der Waals surface area contributed by atoms with Gasteiger partial charge in [0, 0.05) is 45.0 Å². The molecule has 1 fully saturated rings. The number of aliphatic hydroxyl groups is 1. The fourth-order valence-corrected chi connectivity index (χ4v) is 3.39. The van der Waals surface area contributed by atoms with E-state index in [0.717, 1.165) is 39.3 Å². The van der Waals surface area contributed by atoms with Gasteiger partial charge >= 0.3 is 0 Å². The minimum atomic E-state index is -1.01. The summed E-state index contributed by atoms with van der Waals surface area (Å²) in [6, 6.07) is 12.1. The van der Waals surface area contributed by atoms with E-state index in [0.29, 0.717) is 12.3 Å². The van der Waals surface area contributed by atoms with E-state index in [1.807, 2.05) is 6.07 Å². The van der Waals surface area contributed by atoms with Crippen LogP contribution in [-0.4, -0.2) is 49.3 Å². The van der Waals surface area contributed by atoms with Crippen molar-refractivity contribution in [3.63, 3.8) is 0 Å². The number of nitrogens with one attached hydrogen (secondary N) is 1. The lowest BCUT2D eigenvalue weighted by Crippen LogP contribution is -2.46. The topological polar surface area (TPSA) is 51.9 Å². The minimum Gasteiger partial charge on any atom is -0.466 e. The van der Waals surface area contributed by atoms with Crippen LogP contribution in [0.25, 0.3) is 0 Å². The molecule has 0 aliphatic carbocycles. The number of anilines is 1. The van der Waals surface area contributed by atoms with Gasteiger partial charge in [-0.05, 0) is 37.2 Å². The van der Waals surface area contributed by atoms with Crippen molar-refractivity contribution in [2.24, 2.45) is 0 Å². The summed E-state index contributed by atoms with van der Waals surface area (Å²) in [6.07, 6.45) is 1.59. The summed E-state index contributed by atoms with van der Waals surface area (Å²) in [6.45, 7) is 10.6. The number of likely N-dealkylation sites (N-methyl/N-ethyl adjacent to an activating group) is 1. The second-order valence-electron chi connectivity index (χ2n) is 6.90. The van der Waals surface area contributed by atoms with Crippen molar-refractivity contribution in [2.75, 3.05) is 44.2 Å². The summed E-state index contributed by atoms with van der Waals surface area (Å²) in [4.78, 5) is 4.95. The van der Waals surface area contributed by atoms with Gasteiger partial charge in [-0.2, -0.15) is 0 Å². The van der Waals surface area contributed by atoms with Crippen LogP contribution in [0, 0.1) is 0 Å². The van der Waals surface area contributed by atoms with E-state index in [4.69, 9.17) is 4.42 Å². The second kappa shape index (κ2) is 8.04. The first-order chi connectivity index (χ1) is 12.1. The number of benzene rings is 1. The summed E-state index contributed by atoms with van der Waals surface area (Å²) < 4.78 is 5.34. The van der Waals surface area contributed by atoms with Crippen LogP contribution in [0.5, 0.6) is 0 Å². The standard InChI is InChI=1S/C20H29N3O2/c1-3-22-10-12-23(13-11-22)18-8-5-4-7-17(18)15-21-16-20(2,24)19-9-6-14-25-19/h4-9,14,21,24H,3,10-13,15-16H2,1-2H3. The molecule has 2 aromatic rings. The molecule has 0 amide bonds. The highest BCUT2D eigenvalue weighted by Gasteiger charge is 2.26. The van der Waals surface area contributed by atoms with Gasteiger partial charge in [0.15, 0.2) is 0 Å². The average molecular weight is 343 g/mol. The fraction of sp³-hybridized carbons (Fsp3) is 0.500. The summed E-state index contributed by atoms with van der Waals surface area (Å²) in [5.74, 6) is 0.587. The van der Waals surface area contributed by atoms with Gasteiger partial charge in [-0.3, -0.25) is 0 Å². The molecule has 1 saturated heterocycles. The molecule has 0 bridgehead atoms. The molecule has 1 aliphatic rings. The van der Waals surface area contributed by atoms with Crippen molar-refractivity contribution in [3.05, 3.63) is 54.0 Å². The number of nitrogens with zero attached hydrogens (tertiary/aromatic N) is 2. The molecular weight excluding hydrogens is 314 g/mol. The number of rotatable bonds is 7. The smallest absolute Gasteiger partial charge is 0.136 e. The van der Waals surface area contributed by atoms with Gasteiger partial charge in [0.25, 0.3) is 0 Å². The maximum absolute atomic E-state index is 10.6. The Morgan fingerprint density at radius 3 is 2.56 bits per heavy atom. The molecule has 1 unspecified atom stereocenters. The molecule has 0 spiro atoms. The van der Waals surface area contributed by atoms with Crippen LogP contribution in [0.15, 0.2) is 47.1 Å². The van der Waals surface area contributed by atoms with E-state index >= 15 is 0 Å². The highest BCUT2D eigenvalue weighted by Crippen LogP contribution is 2.23. The maximum atomic E-state index is 10.6. The molecule has 136 valence electrons. The van der Waals surface area contributed by atoms with Crippen LogP contribution >= 0.6 is 0 Å². The average Bonchev–Trinajstić information content (AvgIpc) is 3.18. The van der Waals surface area contributed by atoms with Crippen LogP contribution < -0.4 is 10.2 Å². The van der Waals surface area contributed by atoms with Gasteiger partial charge in [-0.1, -0.05) is 25.1 Å². The Bertz CT molecular complexity index is 647. The van der Waals surface area contributed by atoms with Gasteiger partial charge in [0.1, 0.15) is 11.4 Å².